The molecule has 4 atom stereocenters. The Hall–Kier alpha value is -3.49. The van der Waals surface area contributed by atoms with Crippen LogP contribution in [0, 0.1) is 5.92 Å². The predicted molar refractivity (Wildman–Crippen MR) is 159 cm³/mol. The van der Waals surface area contributed by atoms with Gasteiger partial charge in [0.1, 0.15) is 11.3 Å². The molecule has 1 aliphatic carbocycles. The zero-order chi connectivity index (χ0) is 28.2. The number of carbonyl (C=O) groups excluding carboxylic acids is 1. The molecule has 2 heterocycles. The molecule has 6 rings (SSSR count). The molecule has 1 aromatic heterocycles. The quantitative estimate of drug-likeness (QED) is 0.276. The van der Waals surface area contributed by atoms with Crippen LogP contribution in [0.3, 0.4) is 0 Å². The molecule has 1 amide bonds. The van der Waals surface area contributed by atoms with E-state index in [0.717, 1.165) is 66.1 Å². The molecule has 1 fully saturated rings. The van der Waals surface area contributed by atoms with Crippen LogP contribution in [0.25, 0.3) is 11.0 Å². The van der Waals surface area contributed by atoms with Crippen molar-refractivity contribution >= 4 is 16.9 Å². The third-order valence-corrected chi connectivity index (χ3v) is 8.54. The average Bonchev–Trinajstić information content (AvgIpc) is 3.53. The maximum Gasteiger partial charge on any atom is 0.224 e. The number of hydrogen-bond acceptors (Lipinski definition) is 6. The number of nitrogens with zero attached hydrogens (tertiary/aromatic N) is 2. The second-order valence-electron chi connectivity index (χ2n) is 11.6. The van der Waals surface area contributed by atoms with Crippen molar-refractivity contribution in [2.24, 2.45) is 5.92 Å². The number of fused-ring (bicyclic) bond motifs is 2. The number of benzene rings is 3. The van der Waals surface area contributed by atoms with Gasteiger partial charge in [0.15, 0.2) is 0 Å². The van der Waals surface area contributed by atoms with E-state index in [1.807, 2.05) is 72.8 Å². The molecule has 41 heavy (non-hydrogen) atoms. The van der Waals surface area contributed by atoms with Gasteiger partial charge in [-0.3, -0.25) is 14.6 Å². The first-order valence-electron chi connectivity index (χ1n) is 14.7. The summed E-state index contributed by atoms with van der Waals surface area (Å²) in [6.45, 7) is 4.83. The third-order valence-electron chi connectivity index (χ3n) is 8.54. The molecule has 7 heteroatoms. The summed E-state index contributed by atoms with van der Waals surface area (Å²) in [6, 6.07) is 27.6. The van der Waals surface area contributed by atoms with E-state index in [2.05, 4.69) is 27.2 Å². The van der Waals surface area contributed by atoms with Gasteiger partial charge in [-0.1, -0.05) is 72.8 Å². The molecular formula is C34H39N3O4. The van der Waals surface area contributed by atoms with Crippen molar-refractivity contribution in [1.29, 1.82) is 0 Å². The summed E-state index contributed by atoms with van der Waals surface area (Å²) in [4.78, 5) is 18.3. The Morgan fingerprint density at radius 1 is 0.927 bits per heavy atom. The molecule has 214 valence electrons. The number of rotatable bonds is 10. The number of aliphatic hydroxyl groups excluding tert-OH is 2. The first kappa shape index (κ1) is 27.7. The Morgan fingerprint density at radius 3 is 2.44 bits per heavy atom. The number of hydrogen-bond donors (Lipinski definition) is 3. The summed E-state index contributed by atoms with van der Waals surface area (Å²) in [7, 11) is 0. The lowest BCUT2D eigenvalue weighted by Crippen LogP contribution is -2.48. The maximum absolute atomic E-state index is 13.6. The van der Waals surface area contributed by atoms with Crippen molar-refractivity contribution < 1.29 is 19.4 Å². The highest BCUT2D eigenvalue weighted by atomic mass is 16.3. The van der Waals surface area contributed by atoms with E-state index < -0.39 is 24.2 Å². The Balaban J connectivity index is 1.04. The minimum atomic E-state index is -0.644. The fourth-order valence-electron chi connectivity index (χ4n) is 6.37. The fraction of sp³-hybridized carbons (Fsp3) is 0.382. The van der Waals surface area contributed by atoms with E-state index in [9.17, 15) is 15.0 Å². The molecule has 0 radical (unpaired) electrons. The molecule has 1 aliphatic heterocycles. The largest absolute Gasteiger partial charge is 0.460 e. The van der Waals surface area contributed by atoms with E-state index in [-0.39, 0.29) is 5.91 Å². The molecule has 3 aromatic carbocycles. The number of aliphatic hydroxyl groups is 2. The van der Waals surface area contributed by atoms with Crippen LogP contribution < -0.4 is 5.32 Å². The fourth-order valence-corrected chi connectivity index (χ4v) is 6.37. The van der Waals surface area contributed by atoms with Crippen molar-refractivity contribution in [3.63, 3.8) is 0 Å². The van der Waals surface area contributed by atoms with Crippen LogP contribution in [0.5, 0.6) is 0 Å². The van der Waals surface area contributed by atoms with Gasteiger partial charge in [-0.05, 0) is 41.7 Å². The van der Waals surface area contributed by atoms with E-state index >= 15 is 0 Å². The SMILES string of the molecule is O=C(NC1c2ccccc2CC1O)[C@H](Cc1ccccc1)C[C@H](O)CN1CCN(Cc2cc3ccccc3o2)CC1. The van der Waals surface area contributed by atoms with Gasteiger partial charge >= 0.3 is 0 Å². The Labute approximate surface area is 241 Å². The molecular weight excluding hydrogens is 514 g/mol. The topological polar surface area (TPSA) is 89.2 Å². The van der Waals surface area contributed by atoms with Gasteiger partial charge in [-0.2, -0.15) is 0 Å². The van der Waals surface area contributed by atoms with E-state index in [0.29, 0.717) is 25.8 Å². The number of amides is 1. The van der Waals surface area contributed by atoms with Crippen LogP contribution in [0.15, 0.2) is 89.3 Å². The Morgan fingerprint density at radius 2 is 1.63 bits per heavy atom. The highest BCUT2D eigenvalue weighted by Gasteiger charge is 2.34. The standard InChI is InChI=1S/C34H39N3O4/c38-28(22-36-14-16-37(17-15-36)23-29-20-26-11-5-7-13-32(26)41-29)19-27(18-24-8-2-1-3-9-24)34(40)35-33-30-12-6-4-10-25(30)21-31(33)39/h1-13,20,27-28,31,33,38-39H,14-19,21-23H2,(H,35,40)/t27-,28+,31?,33?/m1/s1. The maximum atomic E-state index is 13.6. The van der Waals surface area contributed by atoms with Crippen LogP contribution in [-0.4, -0.2) is 70.9 Å². The zero-order valence-electron chi connectivity index (χ0n) is 23.4. The number of para-hydroxylation sites is 1. The molecule has 2 aliphatic rings. The van der Waals surface area contributed by atoms with Crippen molar-refractivity contribution in [2.75, 3.05) is 32.7 Å². The van der Waals surface area contributed by atoms with Gasteiger partial charge in [0.25, 0.3) is 0 Å². The van der Waals surface area contributed by atoms with Gasteiger partial charge in [-0.15, -0.1) is 0 Å². The number of piperazine rings is 1. The lowest BCUT2D eigenvalue weighted by Gasteiger charge is -2.35. The van der Waals surface area contributed by atoms with Crippen molar-refractivity contribution in [2.45, 2.75) is 44.1 Å². The van der Waals surface area contributed by atoms with E-state index in [1.165, 1.54) is 0 Å². The second-order valence-corrected chi connectivity index (χ2v) is 11.6. The monoisotopic (exact) mass is 553 g/mol. The summed E-state index contributed by atoms with van der Waals surface area (Å²) in [5, 5.41) is 26.1. The lowest BCUT2D eigenvalue weighted by atomic mass is 9.92. The molecule has 0 saturated carbocycles. The summed E-state index contributed by atoms with van der Waals surface area (Å²) >= 11 is 0. The number of carbonyl (C=O) groups is 1. The number of furan rings is 1. The number of nitrogens with one attached hydrogen (secondary N) is 1. The molecule has 4 aromatic rings. The predicted octanol–water partition coefficient (Wildman–Crippen LogP) is 3.93. The van der Waals surface area contributed by atoms with Crippen LogP contribution >= 0.6 is 0 Å². The van der Waals surface area contributed by atoms with Crippen molar-refractivity contribution in [3.05, 3.63) is 107 Å². The van der Waals surface area contributed by atoms with Crippen LogP contribution in [0.4, 0.5) is 0 Å². The lowest BCUT2D eigenvalue weighted by molar-refractivity contribution is -0.127. The van der Waals surface area contributed by atoms with Gasteiger partial charge in [0.05, 0.1) is 24.8 Å². The van der Waals surface area contributed by atoms with Crippen LogP contribution in [0.1, 0.15) is 34.9 Å². The van der Waals surface area contributed by atoms with E-state index in [1.54, 1.807) is 0 Å². The molecule has 0 bridgehead atoms. The van der Waals surface area contributed by atoms with Gasteiger partial charge in [-0.25, -0.2) is 0 Å². The Kier molecular flexibility index (Phi) is 8.49. The van der Waals surface area contributed by atoms with Gasteiger partial charge in [0.2, 0.25) is 5.91 Å². The van der Waals surface area contributed by atoms with Gasteiger partial charge < -0.3 is 19.9 Å². The van der Waals surface area contributed by atoms with Crippen LogP contribution in [0.2, 0.25) is 0 Å². The summed E-state index contributed by atoms with van der Waals surface area (Å²) < 4.78 is 6.00. The Bertz CT molecular complexity index is 1410. The van der Waals surface area contributed by atoms with Gasteiger partial charge in [0, 0.05) is 50.4 Å². The third kappa shape index (κ3) is 6.71. The number of β-amino-alcohol motifs (C(OH)–C–C–N with tert-alkyl or cyclic N) is 1. The molecule has 3 N–H and O–H groups in total. The summed E-state index contributed by atoms with van der Waals surface area (Å²) in [6.07, 6.45) is 0.172. The highest BCUT2D eigenvalue weighted by molar-refractivity contribution is 5.80. The second kappa shape index (κ2) is 12.6. The summed E-state index contributed by atoms with van der Waals surface area (Å²) in [5.74, 6) is 0.454. The highest BCUT2D eigenvalue weighted by Crippen LogP contribution is 2.32. The molecule has 2 unspecified atom stereocenters. The van der Waals surface area contributed by atoms with Crippen molar-refractivity contribution in [3.8, 4) is 0 Å². The smallest absolute Gasteiger partial charge is 0.224 e. The van der Waals surface area contributed by atoms with Crippen molar-refractivity contribution in [1.82, 2.24) is 15.1 Å². The first-order valence-corrected chi connectivity index (χ1v) is 14.7. The zero-order valence-corrected chi connectivity index (χ0v) is 23.4. The summed E-state index contributed by atoms with van der Waals surface area (Å²) in [5.41, 5.74) is 4.04. The minimum Gasteiger partial charge on any atom is -0.460 e. The van der Waals surface area contributed by atoms with Crippen LogP contribution in [-0.2, 0) is 24.2 Å². The molecule has 1 saturated heterocycles. The molecule has 7 nitrogen and oxygen atoms in total. The van der Waals surface area contributed by atoms with E-state index in [4.69, 9.17) is 4.42 Å². The minimum absolute atomic E-state index is 0.121. The first-order chi connectivity index (χ1) is 20.0. The average molecular weight is 554 g/mol. The normalized spacial score (nSPS) is 21.0. The molecule has 0 spiro atoms.